The molecule has 3 aliphatic rings. The molecular formula is C30H30ClFN4O4S. The van der Waals surface area contributed by atoms with Crippen LogP contribution < -0.4 is 10.2 Å². The van der Waals surface area contributed by atoms with Gasteiger partial charge in [-0.2, -0.15) is 5.26 Å². The van der Waals surface area contributed by atoms with Crippen LogP contribution in [0.15, 0.2) is 46.9 Å². The molecule has 2 heterocycles. The largest absolute Gasteiger partial charge is 0.440 e. The first-order valence-corrected chi connectivity index (χ1v) is 16.1. The first-order valence-electron chi connectivity index (χ1n) is 13.9. The molecule has 0 unspecified atom stereocenters. The van der Waals surface area contributed by atoms with Gasteiger partial charge in [0.2, 0.25) is 11.8 Å². The van der Waals surface area contributed by atoms with Crippen molar-refractivity contribution in [3.05, 3.63) is 59.1 Å². The molecule has 3 fully saturated rings. The van der Waals surface area contributed by atoms with Crippen molar-refractivity contribution in [2.75, 3.05) is 29.5 Å². The second-order valence-corrected chi connectivity index (χ2v) is 13.9. The minimum absolute atomic E-state index is 0.0553. The zero-order valence-electron chi connectivity index (χ0n) is 22.4. The molecule has 11 heteroatoms. The summed E-state index contributed by atoms with van der Waals surface area (Å²) in [7, 11) is -3.09. The van der Waals surface area contributed by atoms with Crippen molar-refractivity contribution in [3.63, 3.8) is 0 Å². The highest BCUT2D eigenvalue weighted by molar-refractivity contribution is 7.91. The second-order valence-electron chi connectivity index (χ2n) is 11.2. The number of benzene rings is 2. The van der Waals surface area contributed by atoms with Crippen molar-refractivity contribution < 1.29 is 22.0 Å². The second kappa shape index (κ2) is 10.8. The quantitative estimate of drug-likeness (QED) is 0.400. The number of oxazole rings is 1. The Bertz CT molecular complexity index is 1630. The summed E-state index contributed by atoms with van der Waals surface area (Å²) < 4.78 is 45.7. The Kier molecular flexibility index (Phi) is 7.28. The van der Waals surface area contributed by atoms with Crippen molar-refractivity contribution in [1.29, 1.82) is 5.26 Å². The molecule has 1 aliphatic heterocycles. The number of hydrogen-bond donors (Lipinski definition) is 1. The fourth-order valence-corrected chi connectivity index (χ4v) is 7.29. The predicted octanol–water partition coefficient (Wildman–Crippen LogP) is 5.48. The minimum atomic E-state index is -3.09. The molecule has 2 saturated carbocycles. The normalized spacial score (nSPS) is 23.0. The Balaban J connectivity index is 1.45. The average molecular weight is 597 g/mol. The topological polar surface area (TPSA) is 116 Å². The number of nitrogens with zero attached hydrogens (tertiary/aromatic N) is 3. The van der Waals surface area contributed by atoms with E-state index in [1.165, 1.54) is 12.1 Å². The molecule has 1 amide bonds. The molecule has 0 spiro atoms. The lowest BCUT2D eigenvalue weighted by atomic mass is 9.76. The maximum absolute atomic E-state index is 15.1. The number of anilines is 1. The number of carbonyl (C=O) groups excluding carboxylic acids is 1. The van der Waals surface area contributed by atoms with Crippen molar-refractivity contribution in [2.24, 2.45) is 5.92 Å². The van der Waals surface area contributed by atoms with Gasteiger partial charge in [0.05, 0.1) is 23.1 Å². The van der Waals surface area contributed by atoms with E-state index >= 15 is 4.39 Å². The average Bonchev–Trinajstić information content (AvgIpc) is 3.60. The van der Waals surface area contributed by atoms with Crippen LogP contribution in [0, 0.1) is 23.1 Å². The predicted molar refractivity (Wildman–Crippen MR) is 154 cm³/mol. The van der Waals surface area contributed by atoms with Crippen LogP contribution in [0.2, 0.25) is 5.02 Å². The van der Waals surface area contributed by atoms with Gasteiger partial charge in [-0.3, -0.25) is 4.79 Å². The standard InChI is InChI=1S/C30H30ClFN4O4S/c31-19-9-10-22(24(32)17-19)29-34-26(23-7-3-4-8-25(23)36-13-15-41(38,39)16-14-36)27(40-29)20-5-1-2-6-21(20)28(37)35-30(18-33)11-12-30/h3-4,7-10,17,20-21H,1-2,5-6,11-16H2,(H,35,37)/t20-,21-/m1/s1. The van der Waals surface area contributed by atoms with Gasteiger partial charge in [-0.15, -0.1) is 0 Å². The molecular weight excluding hydrogens is 567 g/mol. The first kappa shape index (κ1) is 27.7. The number of sulfone groups is 1. The van der Waals surface area contributed by atoms with Crippen LogP contribution in [0.25, 0.3) is 22.7 Å². The van der Waals surface area contributed by atoms with Gasteiger partial charge in [0.1, 0.15) is 22.8 Å². The Morgan fingerprint density at radius 3 is 2.56 bits per heavy atom. The number of amides is 1. The number of rotatable bonds is 6. The molecule has 1 N–H and O–H groups in total. The lowest BCUT2D eigenvalue weighted by Crippen LogP contribution is -2.42. The molecule has 2 atom stereocenters. The highest BCUT2D eigenvalue weighted by Gasteiger charge is 2.47. The van der Waals surface area contributed by atoms with Gasteiger partial charge in [-0.25, -0.2) is 17.8 Å². The molecule has 0 bridgehead atoms. The summed E-state index contributed by atoms with van der Waals surface area (Å²) in [4.78, 5) is 20.4. The van der Waals surface area contributed by atoms with Crippen LogP contribution in [0.1, 0.15) is 50.2 Å². The van der Waals surface area contributed by atoms with Gasteiger partial charge >= 0.3 is 0 Å². The van der Waals surface area contributed by atoms with E-state index < -0.39 is 27.1 Å². The maximum atomic E-state index is 15.1. The highest BCUT2D eigenvalue weighted by atomic mass is 35.5. The maximum Gasteiger partial charge on any atom is 0.229 e. The van der Waals surface area contributed by atoms with Gasteiger partial charge in [0, 0.05) is 41.2 Å². The molecule has 8 nitrogen and oxygen atoms in total. The SMILES string of the molecule is N#CC1(NC(=O)[C@@H]2CCCC[C@H]2c2oc(-c3ccc(Cl)cc3F)nc2-c2ccccc2N2CCS(=O)(=O)CC2)CC1. The smallest absolute Gasteiger partial charge is 0.229 e. The number of halogens is 2. The van der Waals surface area contributed by atoms with E-state index in [4.69, 9.17) is 21.0 Å². The Morgan fingerprint density at radius 1 is 1.12 bits per heavy atom. The molecule has 214 valence electrons. The van der Waals surface area contributed by atoms with Gasteiger partial charge in [-0.05, 0) is 49.9 Å². The van der Waals surface area contributed by atoms with Gasteiger partial charge in [0.25, 0.3) is 0 Å². The van der Waals surface area contributed by atoms with Gasteiger partial charge in [-0.1, -0.05) is 42.6 Å². The van der Waals surface area contributed by atoms with E-state index in [0.717, 1.165) is 24.1 Å². The van der Waals surface area contributed by atoms with Crippen molar-refractivity contribution in [2.45, 2.75) is 50.0 Å². The van der Waals surface area contributed by atoms with E-state index in [1.54, 1.807) is 6.07 Å². The number of hydrogen-bond acceptors (Lipinski definition) is 7. The van der Waals surface area contributed by atoms with Crippen molar-refractivity contribution >= 4 is 33.0 Å². The molecule has 0 radical (unpaired) electrons. The number of carbonyl (C=O) groups is 1. The zero-order chi connectivity index (χ0) is 28.8. The van der Waals surface area contributed by atoms with E-state index in [2.05, 4.69) is 11.4 Å². The summed E-state index contributed by atoms with van der Waals surface area (Å²) in [5.41, 5.74) is 1.40. The summed E-state index contributed by atoms with van der Waals surface area (Å²) in [6.45, 7) is 0.686. The zero-order valence-corrected chi connectivity index (χ0v) is 24.0. The molecule has 3 aromatic rings. The first-order chi connectivity index (χ1) is 19.7. The van der Waals surface area contributed by atoms with Gasteiger partial charge in [0.15, 0.2) is 9.84 Å². The highest BCUT2D eigenvalue weighted by Crippen LogP contribution is 2.46. The summed E-state index contributed by atoms with van der Waals surface area (Å²) in [6.07, 6.45) is 4.34. The Hall–Kier alpha value is -3.42. The Morgan fingerprint density at radius 2 is 1.85 bits per heavy atom. The summed E-state index contributed by atoms with van der Waals surface area (Å²) >= 11 is 6.00. The van der Waals surface area contributed by atoms with E-state index in [0.29, 0.717) is 50.2 Å². The van der Waals surface area contributed by atoms with Crippen LogP contribution >= 0.6 is 11.6 Å². The molecule has 41 heavy (non-hydrogen) atoms. The monoisotopic (exact) mass is 596 g/mol. The minimum Gasteiger partial charge on any atom is -0.440 e. The third kappa shape index (κ3) is 5.57. The van der Waals surface area contributed by atoms with Crippen LogP contribution in [-0.4, -0.2) is 49.4 Å². The third-order valence-corrected chi connectivity index (χ3v) is 10.3. The fourth-order valence-electron chi connectivity index (χ4n) is 5.93. The van der Waals surface area contributed by atoms with Crippen LogP contribution in [0.4, 0.5) is 10.1 Å². The third-order valence-electron chi connectivity index (χ3n) is 8.43. The number of nitrogens with one attached hydrogen (secondary N) is 1. The summed E-state index contributed by atoms with van der Waals surface area (Å²) in [5, 5.41) is 12.8. The van der Waals surface area contributed by atoms with Crippen molar-refractivity contribution in [3.8, 4) is 28.8 Å². The lowest BCUT2D eigenvalue weighted by Gasteiger charge is -2.32. The lowest BCUT2D eigenvalue weighted by molar-refractivity contribution is -0.127. The van der Waals surface area contributed by atoms with Crippen LogP contribution in [-0.2, 0) is 14.6 Å². The van der Waals surface area contributed by atoms with Crippen LogP contribution in [0.3, 0.4) is 0 Å². The molecule has 6 rings (SSSR count). The number of aromatic nitrogens is 1. The van der Waals surface area contributed by atoms with E-state index in [-0.39, 0.29) is 39.8 Å². The molecule has 2 aromatic carbocycles. The number of para-hydroxylation sites is 1. The van der Waals surface area contributed by atoms with E-state index in [1.807, 2.05) is 29.2 Å². The van der Waals surface area contributed by atoms with Crippen molar-refractivity contribution in [1.82, 2.24) is 10.3 Å². The Labute approximate surface area is 243 Å². The summed E-state index contributed by atoms with van der Waals surface area (Å²) in [5.74, 6) is -0.830. The fraction of sp³-hybridized carbons (Fsp3) is 0.433. The van der Waals surface area contributed by atoms with Crippen LogP contribution in [0.5, 0.6) is 0 Å². The van der Waals surface area contributed by atoms with Gasteiger partial charge < -0.3 is 14.6 Å². The van der Waals surface area contributed by atoms with E-state index in [9.17, 15) is 18.5 Å². The number of nitriles is 1. The molecule has 2 aliphatic carbocycles. The molecule has 1 saturated heterocycles. The molecule has 1 aromatic heterocycles. The summed E-state index contributed by atoms with van der Waals surface area (Å²) in [6, 6.07) is 14.1.